The van der Waals surface area contributed by atoms with Crippen molar-refractivity contribution in [3.63, 3.8) is 0 Å². The van der Waals surface area contributed by atoms with Crippen LogP contribution in [0.2, 0.25) is 15.1 Å². The maximum atomic E-state index is 6.08. The average molecular weight is 329 g/mol. The summed E-state index contributed by atoms with van der Waals surface area (Å²) in [6, 6.07) is 13.9. The maximum Gasteiger partial charge on any atom is 0.0595 e. The molecule has 106 valence electrons. The first-order valence-electron chi connectivity index (χ1n) is 6.53. The van der Waals surface area contributed by atoms with Crippen molar-refractivity contribution in [3.05, 3.63) is 68.7 Å². The van der Waals surface area contributed by atoms with Crippen LogP contribution in [-0.4, -0.2) is 0 Å². The molecular weight excluding hydrogens is 313 g/mol. The average Bonchev–Trinajstić information content (AvgIpc) is 2.43. The first kappa shape index (κ1) is 15.7. The van der Waals surface area contributed by atoms with Crippen LogP contribution in [0.3, 0.4) is 0 Å². The van der Waals surface area contributed by atoms with E-state index in [4.69, 9.17) is 34.8 Å². The van der Waals surface area contributed by atoms with Crippen LogP contribution >= 0.6 is 34.8 Å². The predicted molar refractivity (Wildman–Crippen MR) is 87.8 cm³/mol. The zero-order valence-electron chi connectivity index (χ0n) is 11.2. The third-order valence-corrected chi connectivity index (χ3v) is 4.17. The van der Waals surface area contributed by atoms with Crippen LogP contribution in [0.1, 0.15) is 30.5 Å². The number of hydrogen-bond acceptors (Lipinski definition) is 1. The van der Waals surface area contributed by atoms with E-state index in [1.54, 1.807) is 0 Å². The predicted octanol–water partition coefficient (Wildman–Crippen LogP) is 5.89. The van der Waals surface area contributed by atoms with Gasteiger partial charge >= 0.3 is 0 Å². The van der Waals surface area contributed by atoms with Gasteiger partial charge in [0.25, 0.3) is 0 Å². The van der Waals surface area contributed by atoms with E-state index in [1.165, 1.54) is 0 Å². The molecule has 0 saturated heterocycles. The fraction of sp³-hybridized carbons (Fsp3) is 0.250. The van der Waals surface area contributed by atoms with Crippen LogP contribution in [0, 0.1) is 0 Å². The quantitative estimate of drug-likeness (QED) is 0.722. The highest BCUT2D eigenvalue weighted by Crippen LogP contribution is 2.27. The van der Waals surface area contributed by atoms with Gasteiger partial charge in [0, 0.05) is 17.6 Å². The molecule has 2 aromatic carbocycles. The summed E-state index contributed by atoms with van der Waals surface area (Å²) in [5.74, 6) is 0. The first-order chi connectivity index (χ1) is 9.60. The number of halogens is 3. The fourth-order valence-corrected chi connectivity index (χ4v) is 2.63. The molecule has 0 spiro atoms. The molecule has 1 nitrogen and oxygen atoms in total. The molecule has 0 heterocycles. The van der Waals surface area contributed by atoms with E-state index in [1.807, 2.05) is 36.4 Å². The molecule has 4 heteroatoms. The maximum absolute atomic E-state index is 6.08. The summed E-state index contributed by atoms with van der Waals surface area (Å²) >= 11 is 18.0. The molecule has 0 bridgehead atoms. The molecule has 2 rings (SSSR count). The summed E-state index contributed by atoms with van der Waals surface area (Å²) in [4.78, 5) is 0. The molecule has 0 radical (unpaired) electrons. The van der Waals surface area contributed by atoms with E-state index in [0.29, 0.717) is 10.0 Å². The highest BCUT2D eigenvalue weighted by Gasteiger charge is 2.10. The van der Waals surface area contributed by atoms with Crippen LogP contribution in [0.25, 0.3) is 0 Å². The van der Waals surface area contributed by atoms with Crippen molar-refractivity contribution in [2.75, 3.05) is 0 Å². The Labute approximate surface area is 134 Å². The van der Waals surface area contributed by atoms with Gasteiger partial charge in [-0.25, -0.2) is 0 Å². The third-order valence-electron chi connectivity index (χ3n) is 3.20. The van der Waals surface area contributed by atoms with E-state index in [-0.39, 0.29) is 6.04 Å². The largest absolute Gasteiger partial charge is 0.306 e. The Kier molecular flexibility index (Phi) is 5.74. The Morgan fingerprint density at radius 2 is 1.80 bits per heavy atom. The van der Waals surface area contributed by atoms with Crippen molar-refractivity contribution in [2.24, 2.45) is 0 Å². The standard InChI is InChI=1S/C16H16Cl3N/c1-2-16(12-6-7-14(18)15(19)9-12)20-10-11-4-3-5-13(17)8-11/h3-9,16,20H,2,10H2,1H3. The molecular formula is C16H16Cl3N. The topological polar surface area (TPSA) is 12.0 Å². The Balaban J connectivity index is 2.07. The van der Waals surface area contributed by atoms with E-state index in [0.717, 1.165) is 29.1 Å². The number of nitrogens with one attached hydrogen (secondary N) is 1. The molecule has 0 aromatic heterocycles. The van der Waals surface area contributed by atoms with Crippen molar-refractivity contribution in [3.8, 4) is 0 Å². The van der Waals surface area contributed by atoms with Gasteiger partial charge in [-0.15, -0.1) is 0 Å². The van der Waals surface area contributed by atoms with Crippen molar-refractivity contribution in [2.45, 2.75) is 25.9 Å². The Morgan fingerprint density at radius 1 is 1.00 bits per heavy atom. The molecule has 0 fully saturated rings. The van der Waals surface area contributed by atoms with Gasteiger partial charge in [0.1, 0.15) is 0 Å². The van der Waals surface area contributed by atoms with Crippen molar-refractivity contribution in [1.82, 2.24) is 5.32 Å². The van der Waals surface area contributed by atoms with Gasteiger partial charge in [-0.3, -0.25) is 0 Å². The lowest BCUT2D eigenvalue weighted by molar-refractivity contribution is 0.519. The van der Waals surface area contributed by atoms with E-state index >= 15 is 0 Å². The first-order valence-corrected chi connectivity index (χ1v) is 7.66. The normalized spacial score (nSPS) is 12.4. The van der Waals surface area contributed by atoms with Crippen LogP contribution in [0.5, 0.6) is 0 Å². The minimum absolute atomic E-state index is 0.240. The van der Waals surface area contributed by atoms with Crippen LogP contribution < -0.4 is 5.32 Å². The van der Waals surface area contributed by atoms with E-state index < -0.39 is 0 Å². The molecule has 1 N–H and O–H groups in total. The summed E-state index contributed by atoms with van der Waals surface area (Å²) < 4.78 is 0. The number of hydrogen-bond donors (Lipinski definition) is 1. The zero-order valence-corrected chi connectivity index (χ0v) is 13.4. The van der Waals surface area contributed by atoms with Gasteiger partial charge in [-0.05, 0) is 41.8 Å². The van der Waals surface area contributed by atoms with Crippen LogP contribution in [-0.2, 0) is 6.54 Å². The van der Waals surface area contributed by atoms with Gasteiger partial charge in [0.15, 0.2) is 0 Å². The van der Waals surface area contributed by atoms with Gasteiger partial charge < -0.3 is 5.32 Å². The second-order valence-corrected chi connectivity index (χ2v) is 5.90. The molecule has 0 aliphatic carbocycles. The SMILES string of the molecule is CCC(NCc1cccc(Cl)c1)c1ccc(Cl)c(Cl)c1. The van der Waals surface area contributed by atoms with Gasteiger partial charge in [-0.2, -0.15) is 0 Å². The minimum Gasteiger partial charge on any atom is -0.306 e. The second kappa shape index (κ2) is 7.33. The minimum atomic E-state index is 0.240. The Bertz CT molecular complexity index is 584. The lowest BCUT2D eigenvalue weighted by atomic mass is 10.0. The number of rotatable bonds is 5. The molecule has 0 saturated carbocycles. The monoisotopic (exact) mass is 327 g/mol. The summed E-state index contributed by atoms with van der Waals surface area (Å²) in [5.41, 5.74) is 2.31. The van der Waals surface area contributed by atoms with Gasteiger partial charge in [-0.1, -0.05) is 59.9 Å². The molecule has 1 unspecified atom stereocenters. The molecule has 2 aromatic rings. The fourth-order valence-electron chi connectivity index (χ4n) is 2.11. The van der Waals surface area contributed by atoms with Crippen LogP contribution in [0.15, 0.2) is 42.5 Å². The van der Waals surface area contributed by atoms with Gasteiger partial charge in [0.05, 0.1) is 10.0 Å². The highest BCUT2D eigenvalue weighted by atomic mass is 35.5. The molecule has 1 atom stereocenters. The lowest BCUT2D eigenvalue weighted by Gasteiger charge is -2.18. The van der Waals surface area contributed by atoms with E-state index in [2.05, 4.69) is 18.3 Å². The summed E-state index contributed by atoms with van der Waals surface area (Å²) in [7, 11) is 0. The van der Waals surface area contributed by atoms with E-state index in [9.17, 15) is 0 Å². The Morgan fingerprint density at radius 3 is 2.45 bits per heavy atom. The van der Waals surface area contributed by atoms with Gasteiger partial charge in [0.2, 0.25) is 0 Å². The Hall–Kier alpha value is -0.730. The second-order valence-electron chi connectivity index (χ2n) is 4.65. The highest BCUT2D eigenvalue weighted by molar-refractivity contribution is 6.42. The summed E-state index contributed by atoms with van der Waals surface area (Å²) in [5, 5.41) is 5.45. The molecule has 20 heavy (non-hydrogen) atoms. The lowest BCUT2D eigenvalue weighted by Crippen LogP contribution is -2.20. The zero-order chi connectivity index (χ0) is 14.5. The van der Waals surface area contributed by atoms with Crippen LogP contribution in [0.4, 0.5) is 0 Å². The molecule has 0 aliphatic heterocycles. The van der Waals surface area contributed by atoms with Crippen molar-refractivity contribution >= 4 is 34.8 Å². The van der Waals surface area contributed by atoms with Crippen molar-refractivity contribution in [1.29, 1.82) is 0 Å². The smallest absolute Gasteiger partial charge is 0.0595 e. The summed E-state index contributed by atoms with van der Waals surface area (Å²) in [6.45, 7) is 2.90. The molecule has 0 aliphatic rings. The molecule has 0 amide bonds. The number of benzene rings is 2. The third kappa shape index (κ3) is 4.13. The van der Waals surface area contributed by atoms with Crippen molar-refractivity contribution < 1.29 is 0 Å². The summed E-state index contributed by atoms with van der Waals surface area (Å²) in [6.07, 6.45) is 0.971.